The van der Waals surface area contributed by atoms with Crippen LogP contribution in [-0.4, -0.2) is 35.5 Å². The molecule has 0 N–H and O–H groups in total. The van der Waals surface area contributed by atoms with Gasteiger partial charge in [-0.05, 0) is 99.2 Å². The molecule has 1 saturated carbocycles. The van der Waals surface area contributed by atoms with Crippen molar-refractivity contribution in [2.24, 2.45) is 11.8 Å². The Balaban J connectivity index is 0.00000405. The first kappa shape index (κ1) is 32.5. The summed E-state index contributed by atoms with van der Waals surface area (Å²) in [5.41, 5.74) is 5.33. The molecular formula is C34H40FN2NaO4. The summed E-state index contributed by atoms with van der Waals surface area (Å²) in [4.78, 5) is 18.0. The first-order valence-electron chi connectivity index (χ1n) is 14.5. The minimum Gasteiger partial charge on any atom is -0.550 e. The number of aryl methyl sites for hydroxylation is 1. The van der Waals surface area contributed by atoms with Crippen LogP contribution in [-0.2, 0) is 17.8 Å². The van der Waals surface area contributed by atoms with Crippen LogP contribution in [0.25, 0.3) is 11.1 Å². The number of rotatable bonds is 9. The largest absolute Gasteiger partial charge is 1.00 e. The van der Waals surface area contributed by atoms with Crippen LogP contribution in [0.15, 0.2) is 48.7 Å². The Morgan fingerprint density at radius 2 is 1.88 bits per heavy atom. The van der Waals surface area contributed by atoms with Crippen molar-refractivity contribution in [1.82, 2.24) is 9.88 Å². The third-order valence-corrected chi connectivity index (χ3v) is 8.84. The van der Waals surface area contributed by atoms with Crippen LogP contribution in [0.3, 0.4) is 0 Å². The fourth-order valence-corrected chi connectivity index (χ4v) is 5.84. The van der Waals surface area contributed by atoms with Gasteiger partial charge in [-0.1, -0.05) is 37.3 Å². The monoisotopic (exact) mass is 582 g/mol. The van der Waals surface area contributed by atoms with Crippen molar-refractivity contribution in [3.63, 3.8) is 0 Å². The standard InChI is InChI=1S/C34H41FN2O4.Na/c1-20(33(38)39)32(22-8-9-22)24-10-7-21-12-14-29(41-30(21)16-24)23-11-13-26(25(15-23)19-37(5)34(2,3)4)27-17-31(40-6)36-18-28(27)35;/h7,10-11,13,15-18,20,22,29,32H,8-9,12,14,19H2,1-6H3,(H,38,39);/q;+1/p-1/t20-,29?,32+;/m1./s1. The van der Waals surface area contributed by atoms with Gasteiger partial charge in [-0.2, -0.15) is 0 Å². The maximum absolute atomic E-state index is 15.0. The second kappa shape index (κ2) is 13.0. The number of aromatic nitrogens is 1. The van der Waals surface area contributed by atoms with Gasteiger partial charge in [0.1, 0.15) is 17.7 Å². The van der Waals surface area contributed by atoms with Crippen LogP contribution >= 0.6 is 0 Å². The van der Waals surface area contributed by atoms with Gasteiger partial charge >= 0.3 is 29.6 Å². The van der Waals surface area contributed by atoms with Crippen molar-refractivity contribution in [2.45, 2.75) is 77.5 Å². The number of methoxy groups -OCH3 is 1. The number of carbonyl (C=O) groups is 1. The van der Waals surface area contributed by atoms with Gasteiger partial charge < -0.3 is 19.4 Å². The normalized spacial score (nSPS) is 18.0. The molecule has 0 amide bonds. The number of benzene rings is 2. The topological polar surface area (TPSA) is 74.7 Å². The number of hydrogen-bond donors (Lipinski definition) is 0. The number of fused-ring (bicyclic) bond motifs is 1. The van der Waals surface area contributed by atoms with Gasteiger partial charge in [0.05, 0.1) is 13.3 Å². The van der Waals surface area contributed by atoms with E-state index in [1.807, 2.05) is 18.2 Å². The van der Waals surface area contributed by atoms with Crippen LogP contribution in [0, 0.1) is 17.7 Å². The molecule has 3 aromatic rings. The molecule has 1 aromatic heterocycles. The first-order valence-corrected chi connectivity index (χ1v) is 14.5. The second-order valence-corrected chi connectivity index (χ2v) is 12.6. The predicted octanol–water partition coefficient (Wildman–Crippen LogP) is 3.08. The molecule has 0 bridgehead atoms. The van der Waals surface area contributed by atoms with Gasteiger partial charge in [-0.15, -0.1) is 0 Å². The van der Waals surface area contributed by atoms with E-state index in [2.05, 4.69) is 55.9 Å². The molecule has 0 radical (unpaired) electrons. The van der Waals surface area contributed by atoms with E-state index in [-0.39, 0.29) is 47.1 Å². The summed E-state index contributed by atoms with van der Waals surface area (Å²) in [5.74, 6) is -0.470. The van der Waals surface area contributed by atoms with E-state index >= 15 is 4.39 Å². The smallest absolute Gasteiger partial charge is 0.550 e. The van der Waals surface area contributed by atoms with Crippen LogP contribution in [0.5, 0.6) is 11.6 Å². The molecule has 0 spiro atoms. The zero-order valence-corrected chi connectivity index (χ0v) is 27.9. The summed E-state index contributed by atoms with van der Waals surface area (Å²) in [5, 5.41) is 11.7. The third kappa shape index (κ3) is 7.02. The zero-order chi connectivity index (χ0) is 29.5. The number of halogens is 1. The number of hydrogen-bond acceptors (Lipinski definition) is 6. The van der Waals surface area contributed by atoms with Gasteiger partial charge in [-0.3, -0.25) is 4.90 Å². The van der Waals surface area contributed by atoms with Gasteiger partial charge in [0.25, 0.3) is 0 Å². The van der Waals surface area contributed by atoms with Crippen molar-refractivity contribution < 1.29 is 53.3 Å². The molecule has 2 aliphatic rings. The molecule has 5 rings (SSSR count). The number of carbonyl (C=O) groups excluding carboxylic acids is 1. The fourth-order valence-electron chi connectivity index (χ4n) is 5.84. The van der Waals surface area contributed by atoms with Gasteiger partial charge in [-0.25, -0.2) is 9.37 Å². The Labute approximate surface area is 270 Å². The molecule has 1 fully saturated rings. The van der Waals surface area contributed by atoms with E-state index in [4.69, 9.17) is 9.47 Å². The van der Waals surface area contributed by atoms with Crippen molar-refractivity contribution in [1.29, 1.82) is 0 Å². The molecule has 3 atom stereocenters. The Bertz CT molecular complexity index is 1440. The minimum absolute atomic E-state index is 0. The first-order chi connectivity index (χ1) is 19.5. The Morgan fingerprint density at radius 3 is 2.52 bits per heavy atom. The molecule has 1 aliphatic heterocycles. The molecule has 1 aliphatic carbocycles. The van der Waals surface area contributed by atoms with Crippen LogP contribution in [0.1, 0.15) is 81.2 Å². The Morgan fingerprint density at radius 1 is 1.14 bits per heavy atom. The Kier molecular flexibility index (Phi) is 10.1. The van der Waals surface area contributed by atoms with E-state index in [1.54, 1.807) is 13.0 Å². The predicted molar refractivity (Wildman–Crippen MR) is 155 cm³/mol. The van der Waals surface area contributed by atoms with E-state index in [1.165, 1.54) is 13.3 Å². The van der Waals surface area contributed by atoms with Gasteiger partial charge in [0.2, 0.25) is 5.88 Å². The fraction of sp³-hybridized carbons (Fsp3) is 0.471. The van der Waals surface area contributed by atoms with Crippen molar-refractivity contribution in [3.05, 3.63) is 76.7 Å². The quantitative estimate of drug-likeness (QED) is 0.361. The SMILES string of the molecule is COc1cc(-c2ccc(C3CCc4ccc([C@H](C5CC5)[C@@H](C)C(=O)[O-])cc4O3)cc2CN(C)C(C)(C)C)c(F)cn1.[Na+]. The summed E-state index contributed by atoms with van der Waals surface area (Å²) in [6.07, 6.45) is 4.81. The molecule has 2 heterocycles. The number of ether oxygens (including phenoxy) is 2. The number of carboxylic acid groups (broad SMARTS) is 1. The molecule has 1 unspecified atom stereocenters. The average molecular weight is 583 g/mol. The van der Waals surface area contributed by atoms with Crippen molar-refractivity contribution >= 4 is 5.97 Å². The van der Waals surface area contributed by atoms with E-state index in [0.29, 0.717) is 23.9 Å². The maximum Gasteiger partial charge on any atom is 1.00 e. The number of nitrogens with zero attached hydrogens (tertiary/aromatic N) is 2. The minimum atomic E-state index is -1.01. The molecule has 218 valence electrons. The molecule has 8 heteroatoms. The number of pyridine rings is 1. The van der Waals surface area contributed by atoms with Crippen molar-refractivity contribution in [2.75, 3.05) is 14.2 Å². The molecular weight excluding hydrogens is 542 g/mol. The summed E-state index contributed by atoms with van der Waals surface area (Å²) in [6, 6.07) is 14.0. The number of aliphatic carboxylic acids is 1. The van der Waals surface area contributed by atoms with Gasteiger partial charge in [0.15, 0.2) is 0 Å². The van der Waals surface area contributed by atoms with E-state index < -0.39 is 17.7 Å². The van der Waals surface area contributed by atoms with Crippen LogP contribution < -0.4 is 44.1 Å². The number of carboxylic acids is 1. The van der Waals surface area contributed by atoms with E-state index in [9.17, 15) is 9.90 Å². The summed E-state index contributed by atoms with van der Waals surface area (Å²) >= 11 is 0. The van der Waals surface area contributed by atoms with Crippen LogP contribution in [0.2, 0.25) is 0 Å². The average Bonchev–Trinajstić information content (AvgIpc) is 3.78. The summed E-state index contributed by atoms with van der Waals surface area (Å²) in [7, 11) is 3.59. The maximum atomic E-state index is 15.0. The third-order valence-electron chi connectivity index (χ3n) is 8.84. The van der Waals surface area contributed by atoms with Crippen LogP contribution in [0.4, 0.5) is 4.39 Å². The molecule has 6 nitrogen and oxygen atoms in total. The molecule has 0 saturated heterocycles. The summed E-state index contributed by atoms with van der Waals surface area (Å²) in [6.45, 7) is 8.83. The molecule has 2 aromatic carbocycles. The van der Waals surface area contributed by atoms with E-state index in [0.717, 1.165) is 59.3 Å². The van der Waals surface area contributed by atoms with Gasteiger partial charge in [0, 0.05) is 35.6 Å². The zero-order valence-electron chi connectivity index (χ0n) is 25.9. The summed E-state index contributed by atoms with van der Waals surface area (Å²) < 4.78 is 26.9. The van der Waals surface area contributed by atoms with Crippen molar-refractivity contribution in [3.8, 4) is 22.8 Å². The second-order valence-electron chi connectivity index (χ2n) is 12.6. The molecule has 42 heavy (non-hydrogen) atoms. The Hall–Kier alpha value is -2.45.